The first-order chi connectivity index (χ1) is 7.72. The highest BCUT2D eigenvalue weighted by molar-refractivity contribution is 6.32. The van der Waals surface area contributed by atoms with Gasteiger partial charge in [0.2, 0.25) is 0 Å². The van der Waals surface area contributed by atoms with E-state index in [4.69, 9.17) is 22.1 Å². The molecule has 0 heterocycles. The highest BCUT2D eigenvalue weighted by atomic mass is 35.5. The van der Waals surface area contributed by atoms with Crippen LogP contribution in [0, 0.1) is 0 Å². The second-order valence-electron chi connectivity index (χ2n) is 3.85. The highest BCUT2D eigenvalue weighted by Crippen LogP contribution is 2.29. The van der Waals surface area contributed by atoms with E-state index in [2.05, 4.69) is 6.92 Å². The van der Waals surface area contributed by atoms with Crippen LogP contribution in [0.1, 0.15) is 30.9 Å². The molecule has 0 aliphatic heterocycles. The predicted octanol–water partition coefficient (Wildman–Crippen LogP) is 3.19. The van der Waals surface area contributed by atoms with Gasteiger partial charge in [0.1, 0.15) is 5.75 Å². The van der Waals surface area contributed by atoms with Gasteiger partial charge in [0, 0.05) is 0 Å². The average Bonchev–Trinajstić information content (AvgIpc) is 2.30. The third kappa shape index (κ3) is 3.39. The summed E-state index contributed by atoms with van der Waals surface area (Å²) in [7, 11) is 1.65. The van der Waals surface area contributed by atoms with Crippen LogP contribution in [-0.4, -0.2) is 13.7 Å². The highest BCUT2D eigenvalue weighted by Gasteiger charge is 2.07. The minimum Gasteiger partial charge on any atom is -0.495 e. The van der Waals surface area contributed by atoms with E-state index in [0.29, 0.717) is 5.02 Å². The van der Waals surface area contributed by atoms with Crippen LogP contribution in [0.3, 0.4) is 0 Å². The molecule has 0 aliphatic rings. The number of halogens is 1. The largest absolute Gasteiger partial charge is 0.495 e. The third-order valence-corrected chi connectivity index (χ3v) is 3.05. The van der Waals surface area contributed by atoms with Crippen molar-refractivity contribution in [2.45, 2.75) is 32.6 Å². The maximum atomic E-state index is 6.12. The van der Waals surface area contributed by atoms with Gasteiger partial charge in [0.25, 0.3) is 0 Å². The zero-order valence-electron chi connectivity index (χ0n) is 10.1. The Kier molecular flexibility index (Phi) is 5.64. The number of benzene rings is 1. The molecule has 0 saturated carbocycles. The molecule has 0 unspecified atom stereocenters. The van der Waals surface area contributed by atoms with Gasteiger partial charge in [-0.1, -0.05) is 18.5 Å². The summed E-state index contributed by atoms with van der Waals surface area (Å²) in [5.74, 6) is 0.765. The first-order valence-corrected chi connectivity index (χ1v) is 6.16. The van der Waals surface area contributed by atoms with Crippen molar-refractivity contribution >= 4 is 11.6 Å². The fourth-order valence-electron chi connectivity index (χ4n) is 1.81. The molecule has 3 heteroatoms. The zero-order valence-corrected chi connectivity index (χ0v) is 10.8. The van der Waals surface area contributed by atoms with Gasteiger partial charge >= 0.3 is 0 Å². The van der Waals surface area contributed by atoms with Crippen molar-refractivity contribution in [2.24, 2.45) is 5.73 Å². The molecule has 0 saturated heterocycles. The summed E-state index contributed by atoms with van der Waals surface area (Å²) in [6.45, 7) is 2.90. The van der Waals surface area contributed by atoms with Gasteiger partial charge in [0.15, 0.2) is 0 Å². The molecule has 1 rings (SSSR count). The molecule has 0 fully saturated rings. The van der Waals surface area contributed by atoms with Gasteiger partial charge < -0.3 is 10.5 Å². The Morgan fingerprint density at radius 2 is 2.00 bits per heavy atom. The quantitative estimate of drug-likeness (QED) is 0.777. The molecular formula is C13H20ClNO. The summed E-state index contributed by atoms with van der Waals surface area (Å²) in [4.78, 5) is 0. The number of hydrogen-bond donors (Lipinski definition) is 1. The van der Waals surface area contributed by atoms with Crippen molar-refractivity contribution < 1.29 is 4.74 Å². The Morgan fingerprint density at radius 1 is 1.25 bits per heavy atom. The molecule has 0 aromatic heterocycles. The molecule has 0 amide bonds. The molecule has 16 heavy (non-hydrogen) atoms. The maximum Gasteiger partial charge on any atom is 0.137 e. The Morgan fingerprint density at radius 3 is 2.56 bits per heavy atom. The van der Waals surface area contributed by atoms with Crippen LogP contribution >= 0.6 is 11.6 Å². The van der Waals surface area contributed by atoms with Crippen molar-refractivity contribution in [3.8, 4) is 5.75 Å². The van der Waals surface area contributed by atoms with Crippen molar-refractivity contribution in [1.29, 1.82) is 0 Å². The molecule has 2 N–H and O–H groups in total. The topological polar surface area (TPSA) is 35.2 Å². The minimum absolute atomic E-state index is 0.697. The van der Waals surface area contributed by atoms with Gasteiger partial charge in [-0.2, -0.15) is 0 Å². The number of hydrogen-bond acceptors (Lipinski definition) is 2. The Balaban J connectivity index is 2.85. The molecule has 0 bridgehead atoms. The molecule has 0 atom stereocenters. The summed E-state index contributed by atoms with van der Waals surface area (Å²) in [5.41, 5.74) is 8.13. The number of nitrogens with two attached hydrogens (primary N) is 1. The maximum absolute atomic E-state index is 6.12. The van der Waals surface area contributed by atoms with Gasteiger partial charge in [-0.25, -0.2) is 0 Å². The number of methoxy groups -OCH3 is 1. The Bertz CT molecular complexity index is 339. The fraction of sp³-hybridized carbons (Fsp3) is 0.538. The van der Waals surface area contributed by atoms with E-state index in [1.54, 1.807) is 7.11 Å². The van der Waals surface area contributed by atoms with Crippen molar-refractivity contribution in [3.05, 3.63) is 28.3 Å². The first-order valence-electron chi connectivity index (χ1n) is 5.78. The predicted molar refractivity (Wildman–Crippen MR) is 69.4 cm³/mol. The molecule has 1 aromatic carbocycles. The van der Waals surface area contributed by atoms with E-state index in [9.17, 15) is 0 Å². The summed E-state index contributed by atoms with van der Waals surface area (Å²) in [6, 6.07) is 4.07. The van der Waals surface area contributed by atoms with Gasteiger partial charge in [-0.05, 0) is 55.5 Å². The van der Waals surface area contributed by atoms with E-state index >= 15 is 0 Å². The molecule has 0 radical (unpaired) electrons. The normalized spacial score (nSPS) is 10.5. The molecule has 0 spiro atoms. The molecule has 2 nitrogen and oxygen atoms in total. The smallest absolute Gasteiger partial charge is 0.137 e. The van der Waals surface area contributed by atoms with Gasteiger partial charge in [-0.3, -0.25) is 0 Å². The molecule has 90 valence electrons. The summed E-state index contributed by atoms with van der Waals surface area (Å²) < 4.78 is 5.22. The van der Waals surface area contributed by atoms with Crippen molar-refractivity contribution in [2.75, 3.05) is 13.7 Å². The fourth-order valence-corrected chi connectivity index (χ4v) is 2.08. The summed E-state index contributed by atoms with van der Waals surface area (Å²) in [6.07, 6.45) is 4.23. The monoisotopic (exact) mass is 241 g/mol. The average molecular weight is 242 g/mol. The molecular weight excluding hydrogens is 222 g/mol. The lowest BCUT2D eigenvalue weighted by Gasteiger charge is -2.11. The van der Waals surface area contributed by atoms with E-state index in [0.717, 1.165) is 38.0 Å². The molecule has 1 aromatic rings. The number of rotatable bonds is 6. The number of ether oxygens (including phenoxy) is 1. The van der Waals surface area contributed by atoms with Gasteiger partial charge in [-0.15, -0.1) is 0 Å². The van der Waals surface area contributed by atoms with Crippen molar-refractivity contribution in [1.82, 2.24) is 0 Å². The Hall–Kier alpha value is -0.730. The van der Waals surface area contributed by atoms with E-state index in [1.807, 2.05) is 12.1 Å². The van der Waals surface area contributed by atoms with E-state index in [-0.39, 0.29) is 0 Å². The Labute approximate surface area is 103 Å². The van der Waals surface area contributed by atoms with Crippen LogP contribution < -0.4 is 10.5 Å². The number of unbranched alkanes of at least 4 members (excludes halogenated alkanes) is 1. The SMILES string of the molecule is CCc1cc(OC)c(Cl)cc1CCCCN. The van der Waals surface area contributed by atoms with Crippen LogP contribution in [0.25, 0.3) is 0 Å². The summed E-state index contributed by atoms with van der Waals surface area (Å²) >= 11 is 6.12. The lowest BCUT2D eigenvalue weighted by Crippen LogP contribution is -2.01. The lowest BCUT2D eigenvalue weighted by molar-refractivity contribution is 0.414. The van der Waals surface area contributed by atoms with Crippen molar-refractivity contribution in [3.63, 3.8) is 0 Å². The van der Waals surface area contributed by atoms with Crippen LogP contribution in [0.4, 0.5) is 0 Å². The standard InChI is InChI=1S/C13H20ClNO/c1-3-10-9-13(16-2)12(14)8-11(10)6-4-5-7-15/h8-9H,3-7,15H2,1-2H3. The van der Waals surface area contributed by atoms with Crippen LogP contribution in [0.5, 0.6) is 5.75 Å². The summed E-state index contributed by atoms with van der Waals surface area (Å²) in [5, 5.41) is 0.697. The first kappa shape index (κ1) is 13.3. The second kappa shape index (κ2) is 6.77. The zero-order chi connectivity index (χ0) is 12.0. The number of aryl methyl sites for hydroxylation is 2. The van der Waals surface area contributed by atoms with Crippen LogP contribution in [0.2, 0.25) is 5.02 Å². The van der Waals surface area contributed by atoms with Crippen LogP contribution in [-0.2, 0) is 12.8 Å². The molecule has 0 aliphatic carbocycles. The second-order valence-corrected chi connectivity index (χ2v) is 4.26. The lowest BCUT2D eigenvalue weighted by atomic mass is 9.99. The minimum atomic E-state index is 0.697. The van der Waals surface area contributed by atoms with E-state index in [1.165, 1.54) is 11.1 Å². The third-order valence-electron chi connectivity index (χ3n) is 2.76. The van der Waals surface area contributed by atoms with E-state index < -0.39 is 0 Å². The van der Waals surface area contributed by atoms with Gasteiger partial charge in [0.05, 0.1) is 12.1 Å². The van der Waals surface area contributed by atoms with Crippen LogP contribution in [0.15, 0.2) is 12.1 Å².